The molecule has 1 heterocycles. The van der Waals surface area contributed by atoms with Gasteiger partial charge in [-0.2, -0.15) is 15.0 Å². The average Bonchev–Trinajstić information content (AvgIpc) is 2.35. The summed E-state index contributed by atoms with van der Waals surface area (Å²) < 4.78 is 5.41. The lowest BCUT2D eigenvalue weighted by molar-refractivity contribution is 0.441. The second-order valence-electron chi connectivity index (χ2n) is 3.26. The minimum absolute atomic E-state index is 0.00877. The highest BCUT2D eigenvalue weighted by Crippen LogP contribution is 2.35. The second-order valence-corrected chi connectivity index (χ2v) is 4.82. The topological polar surface area (TPSA) is 59.9 Å². The standard InChI is InChI=1S/C10H6Cl4N4O/c1-15-9-16-8(14)17-10(18-9)19-7-3-5(12)4(11)2-6(7)13/h2-3H,1H3,(H,15,16,17,18). The van der Waals surface area contributed by atoms with E-state index in [0.717, 1.165) is 0 Å². The van der Waals surface area contributed by atoms with E-state index in [9.17, 15) is 0 Å². The van der Waals surface area contributed by atoms with E-state index in [1.165, 1.54) is 12.1 Å². The van der Waals surface area contributed by atoms with Gasteiger partial charge in [0.1, 0.15) is 0 Å². The molecule has 0 aliphatic carbocycles. The molecule has 1 aromatic heterocycles. The Balaban J connectivity index is 2.36. The van der Waals surface area contributed by atoms with Crippen LogP contribution in [0.4, 0.5) is 5.95 Å². The number of aromatic nitrogens is 3. The molecule has 0 saturated carbocycles. The molecular formula is C10H6Cl4N4O. The van der Waals surface area contributed by atoms with Gasteiger partial charge in [-0.15, -0.1) is 0 Å². The van der Waals surface area contributed by atoms with E-state index in [0.29, 0.717) is 10.0 Å². The van der Waals surface area contributed by atoms with E-state index in [-0.39, 0.29) is 28.0 Å². The SMILES string of the molecule is CNc1nc(Cl)nc(Oc2cc(Cl)c(Cl)cc2Cl)n1. The van der Waals surface area contributed by atoms with Gasteiger partial charge in [-0.05, 0) is 17.7 Å². The zero-order chi connectivity index (χ0) is 14.0. The van der Waals surface area contributed by atoms with Crippen LogP contribution in [0.1, 0.15) is 0 Å². The Bertz CT molecular complexity index is 623. The second kappa shape index (κ2) is 5.96. The van der Waals surface area contributed by atoms with Gasteiger partial charge in [-0.25, -0.2) is 0 Å². The summed E-state index contributed by atoms with van der Waals surface area (Å²) in [7, 11) is 1.64. The number of halogens is 4. The van der Waals surface area contributed by atoms with Crippen LogP contribution < -0.4 is 10.1 Å². The van der Waals surface area contributed by atoms with Crippen LogP contribution in [-0.4, -0.2) is 22.0 Å². The number of anilines is 1. The Morgan fingerprint density at radius 3 is 2.32 bits per heavy atom. The highest BCUT2D eigenvalue weighted by molar-refractivity contribution is 6.43. The normalized spacial score (nSPS) is 10.4. The molecule has 19 heavy (non-hydrogen) atoms. The molecule has 5 nitrogen and oxygen atoms in total. The molecule has 2 aromatic rings. The van der Waals surface area contributed by atoms with Crippen LogP contribution in [0.3, 0.4) is 0 Å². The molecule has 2 rings (SSSR count). The van der Waals surface area contributed by atoms with Crippen LogP contribution in [0.2, 0.25) is 20.4 Å². The summed E-state index contributed by atoms with van der Waals surface area (Å²) in [4.78, 5) is 11.6. The average molecular weight is 340 g/mol. The molecule has 0 amide bonds. The first-order valence-electron chi connectivity index (χ1n) is 4.91. The number of hydrogen-bond donors (Lipinski definition) is 1. The lowest BCUT2D eigenvalue weighted by Gasteiger charge is -2.08. The fraction of sp³-hybridized carbons (Fsp3) is 0.100. The summed E-state index contributed by atoms with van der Waals surface area (Å²) in [6.45, 7) is 0. The predicted octanol–water partition coefficient (Wildman–Crippen LogP) is 4.32. The molecule has 1 N–H and O–H groups in total. The van der Waals surface area contributed by atoms with E-state index in [4.69, 9.17) is 51.1 Å². The van der Waals surface area contributed by atoms with Crippen LogP contribution in [0.25, 0.3) is 0 Å². The maximum atomic E-state index is 5.98. The van der Waals surface area contributed by atoms with Gasteiger partial charge in [-0.1, -0.05) is 34.8 Å². The van der Waals surface area contributed by atoms with Crippen molar-refractivity contribution in [2.75, 3.05) is 12.4 Å². The lowest BCUT2D eigenvalue weighted by atomic mass is 10.3. The molecular weight excluding hydrogens is 334 g/mol. The maximum absolute atomic E-state index is 5.98. The summed E-state index contributed by atoms with van der Waals surface area (Å²) in [6.07, 6.45) is 0. The Labute approximate surface area is 128 Å². The zero-order valence-electron chi connectivity index (χ0n) is 9.42. The van der Waals surface area contributed by atoms with Crippen molar-refractivity contribution in [2.24, 2.45) is 0 Å². The number of hydrogen-bond acceptors (Lipinski definition) is 5. The third-order valence-electron chi connectivity index (χ3n) is 1.99. The maximum Gasteiger partial charge on any atom is 0.328 e. The van der Waals surface area contributed by atoms with E-state index in [1.807, 2.05) is 0 Å². The first kappa shape index (κ1) is 14.4. The monoisotopic (exact) mass is 338 g/mol. The van der Waals surface area contributed by atoms with Gasteiger partial charge in [0, 0.05) is 13.1 Å². The number of nitrogens with zero attached hydrogens (tertiary/aromatic N) is 3. The van der Waals surface area contributed by atoms with E-state index < -0.39 is 0 Å². The van der Waals surface area contributed by atoms with Gasteiger partial charge >= 0.3 is 6.01 Å². The fourth-order valence-electron chi connectivity index (χ4n) is 1.17. The predicted molar refractivity (Wildman–Crippen MR) is 75.9 cm³/mol. The summed E-state index contributed by atoms with van der Waals surface area (Å²) in [5.41, 5.74) is 0. The number of rotatable bonds is 3. The molecule has 100 valence electrons. The smallest absolute Gasteiger partial charge is 0.328 e. The van der Waals surface area contributed by atoms with Crippen molar-refractivity contribution in [1.29, 1.82) is 0 Å². The van der Waals surface area contributed by atoms with E-state index >= 15 is 0 Å². The summed E-state index contributed by atoms with van der Waals surface area (Å²) in [6, 6.07) is 2.91. The molecule has 9 heteroatoms. The van der Waals surface area contributed by atoms with Crippen molar-refractivity contribution in [3.8, 4) is 11.8 Å². The highest BCUT2D eigenvalue weighted by atomic mass is 35.5. The van der Waals surface area contributed by atoms with Crippen molar-refractivity contribution in [1.82, 2.24) is 15.0 Å². The largest absolute Gasteiger partial charge is 0.422 e. The van der Waals surface area contributed by atoms with Gasteiger partial charge in [-0.3, -0.25) is 0 Å². The Kier molecular flexibility index (Phi) is 4.52. The van der Waals surface area contributed by atoms with Crippen molar-refractivity contribution in [2.45, 2.75) is 0 Å². The van der Waals surface area contributed by atoms with Crippen molar-refractivity contribution < 1.29 is 4.74 Å². The quantitative estimate of drug-likeness (QED) is 0.844. The minimum Gasteiger partial charge on any atom is -0.422 e. The van der Waals surface area contributed by atoms with Crippen LogP contribution >= 0.6 is 46.4 Å². The molecule has 0 bridgehead atoms. The van der Waals surface area contributed by atoms with Crippen molar-refractivity contribution >= 4 is 52.4 Å². The van der Waals surface area contributed by atoms with Gasteiger partial charge in [0.15, 0.2) is 5.75 Å². The summed E-state index contributed by atoms with van der Waals surface area (Å²) in [5, 5.41) is 3.61. The first-order valence-corrected chi connectivity index (χ1v) is 6.42. The van der Waals surface area contributed by atoms with Crippen LogP contribution in [0.5, 0.6) is 11.8 Å². The van der Waals surface area contributed by atoms with Crippen molar-refractivity contribution in [3.63, 3.8) is 0 Å². The number of ether oxygens (including phenoxy) is 1. The Morgan fingerprint density at radius 2 is 1.63 bits per heavy atom. The molecule has 0 aliphatic heterocycles. The molecule has 0 atom stereocenters. The lowest BCUT2D eigenvalue weighted by Crippen LogP contribution is -2.01. The molecule has 0 saturated heterocycles. The minimum atomic E-state index is -0.00959. The molecule has 0 radical (unpaired) electrons. The van der Waals surface area contributed by atoms with E-state index in [1.54, 1.807) is 7.05 Å². The van der Waals surface area contributed by atoms with Crippen LogP contribution in [0, 0.1) is 0 Å². The zero-order valence-corrected chi connectivity index (χ0v) is 12.4. The molecule has 0 spiro atoms. The first-order chi connectivity index (χ1) is 8.99. The number of benzene rings is 1. The Hall–Kier alpha value is -1.01. The van der Waals surface area contributed by atoms with Gasteiger partial charge in [0.05, 0.1) is 15.1 Å². The van der Waals surface area contributed by atoms with Crippen LogP contribution in [0.15, 0.2) is 12.1 Å². The summed E-state index contributed by atoms with van der Waals surface area (Å²) in [5.74, 6) is 0.534. The highest BCUT2D eigenvalue weighted by Gasteiger charge is 2.11. The fourth-order valence-corrected chi connectivity index (χ4v) is 1.90. The molecule has 0 fully saturated rings. The van der Waals surface area contributed by atoms with Crippen molar-refractivity contribution in [3.05, 3.63) is 32.5 Å². The molecule has 0 aliphatic rings. The number of nitrogens with one attached hydrogen (secondary N) is 1. The van der Waals surface area contributed by atoms with Gasteiger partial charge < -0.3 is 10.1 Å². The van der Waals surface area contributed by atoms with Gasteiger partial charge in [0.25, 0.3) is 0 Å². The third-order valence-corrected chi connectivity index (χ3v) is 3.17. The summed E-state index contributed by atoms with van der Waals surface area (Å²) >= 11 is 23.4. The van der Waals surface area contributed by atoms with Crippen LogP contribution in [-0.2, 0) is 0 Å². The Morgan fingerprint density at radius 1 is 0.947 bits per heavy atom. The van der Waals surface area contributed by atoms with Gasteiger partial charge in [0.2, 0.25) is 11.2 Å². The third kappa shape index (κ3) is 3.51. The molecule has 1 aromatic carbocycles. The van der Waals surface area contributed by atoms with E-state index in [2.05, 4.69) is 20.3 Å². The molecule has 0 unspecified atom stereocenters.